The van der Waals surface area contributed by atoms with Gasteiger partial charge in [0.1, 0.15) is 6.23 Å². The van der Waals surface area contributed by atoms with E-state index >= 15 is 0 Å². The molecule has 1 heterocycles. The summed E-state index contributed by atoms with van der Waals surface area (Å²) in [5, 5.41) is 19.5. The van der Waals surface area contributed by atoms with Crippen LogP contribution in [0.3, 0.4) is 0 Å². The summed E-state index contributed by atoms with van der Waals surface area (Å²) in [6.07, 6.45) is -0.243. The third-order valence-corrected chi connectivity index (χ3v) is 2.20. The summed E-state index contributed by atoms with van der Waals surface area (Å²) in [6.45, 7) is 0.414. The van der Waals surface area contributed by atoms with E-state index < -0.39 is 6.23 Å². The molecular formula is C9H11NO2. The van der Waals surface area contributed by atoms with Gasteiger partial charge in [-0.15, -0.1) is 0 Å². The first kappa shape index (κ1) is 7.73. The molecule has 2 rings (SSSR count). The van der Waals surface area contributed by atoms with Crippen LogP contribution in [0.25, 0.3) is 0 Å². The predicted molar refractivity (Wildman–Crippen MR) is 43.5 cm³/mol. The topological polar surface area (TPSA) is 43.7 Å². The van der Waals surface area contributed by atoms with Gasteiger partial charge in [0.05, 0.1) is 6.54 Å². The van der Waals surface area contributed by atoms with Crippen molar-refractivity contribution in [3.8, 4) is 0 Å². The van der Waals surface area contributed by atoms with Crippen molar-refractivity contribution in [3.63, 3.8) is 0 Å². The van der Waals surface area contributed by atoms with Gasteiger partial charge in [0, 0.05) is 6.42 Å². The lowest BCUT2D eigenvalue weighted by Crippen LogP contribution is -2.37. The van der Waals surface area contributed by atoms with Crippen molar-refractivity contribution in [1.29, 1.82) is 0 Å². The molecule has 1 aromatic rings. The molecule has 1 aromatic carbocycles. The molecular weight excluding hydrogens is 154 g/mol. The molecule has 0 saturated heterocycles. The first-order chi connectivity index (χ1) is 5.77. The maximum Gasteiger partial charge on any atom is 0.134 e. The molecule has 0 amide bonds. The average molecular weight is 165 g/mol. The molecule has 0 bridgehead atoms. The van der Waals surface area contributed by atoms with E-state index in [9.17, 15) is 10.3 Å². The van der Waals surface area contributed by atoms with Gasteiger partial charge >= 0.3 is 0 Å². The van der Waals surface area contributed by atoms with Crippen LogP contribution in [0.1, 0.15) is 11.1 Å². The number of rotatable bonds is 0. The monoisotopic (exact) mass is 165 g/mol. The summed E-state index contributed by atoms with van der Waals surface area (Å²) in [5.41, 5.74) is 2.21. The number of hydrogen-bond acceptors (Lipinski definition) is 3. The lowest BCUT2D eigenvalue weighted by molar-refractivity contribution is -0.207. The van der Waals surface area contributed by atoms with Crippen LogP contribution >= 0.6 is 0 Å². The normalized spacial score (nSPS) is 23.7. The zero-order valence-corrected chi connectivity index (χ0v) is 6.64. The Balaban J connectivity index is 2.34. The third-order valence-electron chi connectivity index (χ3n) is 2.20. The van der Waals surface area contributed by atoms with Crippen molar-refractivity contribution in [2.24, 2.45) is 0 Å². The molecule has 1 unspecified atom stereocenters. The van der Waals surface area contributed by atoms with Crippen molar-refractivity contribution < 1.29 is 10.3 Å². The molecule has 0 aromatic heterocycles. The Morgan fingerprint density at radius 3 is 2.67 bits per heavy atom. The van der Waals surface area contributed by atoms with Crippen molar-refractivity contribution >= 4 is 0 Å². The highest BCUT2D eigenvalue weighted by Crippen LogP contribution is 2.19. The van der Waals surface area contributed by atoms with Crippen LogP contribution < -0.4 is 0 Å². The highest BCUT2D eigenvalue weighted by molar-refractivity contribution is 5.29. The Labute approximate surface area is 70.8 Å². The van der Waals surface area contributed by atoms with E-state index in [2.05, 4.69) is 0 Å². The summed E-state index contributed by atoms with van der Waals surface area (Å²) >= 11 is 0. The molecule has 2 N–H and O–H groups in total. The first-order valence-corrected chi connectivity index (χ1v) is 3.98. The number of aliphatic hydroxyl groups is 1. The number of hydroxylamine groups is 2. The number of fused-ring (bicyclic) bond motifs is 1. The van der Waals surface area contributed by atoms with E-state index in [0.29, 0.717) is 13.0 Å². The third kappa shape index (κ3) is 1.22. The molecule has 0 fully saturated rings. The van der Waals surface area contributed by atoms with E-state index in [1.54, 1.807) is 0 Å². The van der Waals surface area contributed by atoms with E-state index in [-0.39, 0.29) is 0 Å². The van der Waals surface area contributed by atoms with E-state index in [1.165, 1.54) is 0 Å². The minimum absolute atomic E-state index is 0.414. The molecule has 0 spiro atoms. The molecule has 12 heavy (non-hydrogen) atoms. The Morgan fingerprint density at radius 1 is 1.25 bits per heavy atom. The fourth-order valence-corrected chi connectivity index (χ4v) is 1.49. The van der Waals surface area contributed by atoms with Gasteiger partial charge in [0.15, 0.2) is 0 Å². The maximum atomic E-state index is 9.30. The van der Waals surface area contributed by atoms with Crippen molar-refractivity contribution in [2.75, 3.05) is 0 Å². The van der Waals surface area contributed by atoms with Crippen molar-refractivity contribution in [2.45, 2.75) is 19.2 Å². The van der Waals surface area contributed by atoms with Gasteiger partial charge in [-0.2, -0.15) is 5.06 Å². The van der Waals surface area contributed by atoms with Gasteiger partial charge in [-0.3, -0.25) is 0 Å². The van der Waals surface area contributed by atoms with E-state index in [0.717, 1.165) is 16.2 Å². The second-order valence-corrected chi connectivity index (χ2v) is 3.05. The van der Waals surface area contributed by atoms with Crippen molar-refractivity contribution in [1.82, 2.24) is 5.06 Å². The van der Waals surface area contributed by atoms with Crippen LogP contribution in [0.15, 0.2) is 24.3 Å². The molecule has 0 saturated carbocycles. The molecule has 3 heteroatoms. The summed E-state index contributed by atoms with van der Waals surface area (Å²) in [6, 6.07) is 7.82. The Bertz CT molecular complexity index is 259. The summed E-state index contributed by atoms with van der Waals surface area (Å²) in [7, 11) is 0. The second kappa shape index (κ2) is 2.86. The number of aliphatic hydroxyl groups excluding tert-OH is 1. The minimum atomic E-state index is -0.750. The lowest BCUT2D eigenvalue weighted by atomic mass is 10.0. The first-order valence-electron chi connectivity index (χ1n) is 3.98. The fourth-order valence-electron chi connectivity index (χ4n) is 1.49. The predicted octanol–water partition coefficient (Wildman–Crippen LogP) is 0.752. The van der Waals surface area contributed by atoms with Gasteiger partial charge < -0.3 is 10.3 Å². The second-order valence-electron chi connectivity index (χ2n) is 3.05. The Morgan fingerprint density at radius 2 is 1.92 bits per heavy atom. The van der Waals surface area contributed by atoms with Crippen LogP contribution in [0, 0.1) is 0 Å². The van der Waals surface area contributed by atoms with E-state index in [4.69, 9.17) is 0 Å². The molecule has 64 valence electrons. The van der Waals surface area contributed by atoms with Gasteiger partial charge in [-0.05, 0) is 11.1 Å². The summed E-state index contributed by atoms with van der Waals surface area (Å²) < 4.78 is 0. The molecule has 0 aliphatic carbocycles. The largest absolute Gasteiger partial charge is 0.376 e. The zero-order valence-electron chi connectivity index (χ0n) is 6.64. The lowest BCUT2D eigenvalue weighted by Gasteiger charge is -2.28. The minimum Gasteiger partial charge on any atom is -0.376 e. The SMILES string of the molecule is OC1Cc2ccccc2CN1O. The average Bonchev–Trinajstić information content (AvgIpc) is 2.07. The van der Waals surface area contributed by atoms with Crippen LogP contribution in [-0.4, -0.2) is 21.6 Å². The highest BCUT2D eigenvalue weighted by Gasteiger charge is 2.21. The van der Waals surface area contributed by atoms with Crippen LogP contribution in [0.5, 0.6) is 0 Å². The molecule has 3 nitrogen and oxygen atoms in total. The molecule has 1 aliphatic rings. The highest BCUT2D eigenvalue weighted by atomic mass is 16.5. The van der Waals surface area contributed by atoms with Crippen molar-refractivity contribution in [3.05, 3.63) is 35.4 Å². The van der Waals surface area contributed by atoms with E-state index in [1.807, 2.05) is 24.3 Å². The molecule has 1 aliphatic heterocycles. The smallest absolute Gasteiger partial charge is 0.134 e. The van der Waals surface area contributed by atoms with Gasteiger partial charge in [-0.25, -0.2) is 0 Å². The standard InChI is InChI=1S/C9H11NO2/c11-9-5-7-3-1-2-4-8(7)6-10(9)12/h1-4,9,11-12H,5-6H2. The number of nitrogens with zero attached hydrogens (tertiary/aromatic N) is 1. The summed E-state index contributed by atoms with van der Waals surface area (Å²) in [5.74, 6) is 0. The summed E-state index contributed by atoms with van der Waals surface area (Å²) in [4.78, 5) is 0. The number of benzene rings is 1. The maximum absolute atomic E-state index is 9.30. The van der Waals surface area contributed by atoms with Gasteiger partial charge in [0.25, 0.3) is 0 Å². The fraction of sp³-hybridized carbons (Fsp3) is 0.333. The van der Waals surface area contributed by atoms with Gasteiger partial charge in [0.2, 0.25) is 0 Å². The Kier molecular flexibility index (Phi) is 1.84. The zero-order chi connectivity index (χ0) is 8.55. The molecule has 0 radical (unpaired) electrons. The van der Waals surface area contributed by atoms with Crippen LogP contribution in [0.4, 0.5) is 0 Å². The quantitative estimate of drug-likeness (QED) is 0.596. The van der Waals surface area contributed by atoms with Gasteiger partial charge in [-0.1, -0.05) is 24.3 Å². The number of hydrogen-bond donors (Lipinski definition) is 2. The Hall–Kier alpha value is -0.900. The molecule has 1 atom stereocenters. The van der Waals surface area contributed by atoms with Crippen LogP contribution in [0.2, 0.25) is 0 Å². The van der Waals surface area contributed by atoms with Crippen LogP contribution in [-0.2, 0) is 13.0 Å².